The van der Waals surface area contributed by atoms with Crippen LogP contribution in [-0.2, 0) is 23.6 Å². The minimum absolute atomic E-state index is 0.0868. The van der Waals surface area contributed by atoms with Gasteiger partial charge in [0.1, 0.15) is 11.5 Å². The molecule has 0 saturated heterocycles. The van der Waals surface area contributed by atoms with Gasteiger partial charge in [-0.15, -0.1) is 0 Å². The SMILES string of the molecule is CCc1cnc(NC(=O)C2=CC=C(C(C)NC(=O)c3cc(C/C=C\C=NC)ccn3)CC2)cc1C(C)(F)F. The first-order valence-corrected chi connectivity index (χ1v) is 12.5. The number of carbonyl (C=O) groups is 2. The molecule has 0 saturated carbocycles. The Labute approximate surface area is 221 Å². The van der Waals surface area contributed by atoms with Crippen molar-refractivity contribution in [3.05, 3.63) is 88.4 Å². The van der Waals surface area contributed by atoms with Gasteiger partial charge in [-0.25, -0.2) is 13.8 Å². The molecule has 2 heterocycles. The summed E-state index contributed by atoms with van der Waals surface area (Å²) in [7, 11) is 1.70. The standard InChI is InChI=1S/C29H33F2N5O2/c1-5-21-18-34-26(17-24(21)29(3,30)31)36-27(37)23-11-9-22(10-12-23)19(2)35-28(38)25-16-20(13-15-33-25)8-6-7-14-32-4/h6-7,9,11,13-19H,5,8,10,12H2,1-4H3,(H,35,38)(H,34,36,37)/b7-6-,32-14?. The zero-order valence-corrected chi connectivity index (χ0v) is 22.1. The number of rotatable bonds is 10. The van der Waals surface area contributed by atoms with Crippen molar-refractivity contribution in [3.63, 3.8) is 0 Å². The molecule has 9 heteroatoms. The Balaban J connectivity index is 1.62. The molecule has 0 aromatic carbocycles. The first-order valence-electron chi connectivity index (χ1n) is 12.5. The number of nitrogens with zero attached hydrogens (tertiary/aromatic N) is 3. The van der Waals surface area contributed by atoms with Crippen molar-refractivity contribution >= 4 is 23.8 Å². The molecule has 2 aromatic heterocycles. The summed E-state index contributed by atoms with van der Waals surface area (Å²) in [5.41, 5.74) is 3.06. The fourth-order valence-electron chi connectivity index (χ4n) is 4.08. The molecular formula is C29H33F2N5O2. The van der Waals surface area contributed by atoms with Crippen molar-refractivity contribution in [2.24, 2.45) is 4.99 Å². The molecule has 2 N–H and O–H groups in total. The summed E-state index contributed by atoms with van der Waals surface area (Å²) in [6.07, 6.45) is 14.1. The molecule has 0 radical (unpaired) electrons. The van der Waals surface area contributed by atoms with Gasteiger partial charge < -0.3 is 10.6 Å². The highest BCUT2D eigenvalue weighted by Gasteiger charge is 2.28. The normalized spacial score (nSPS) is 14.8. The second-order valence-electron chi connectivity index (χ2n) is 9.14. The first kappa shape index (κ1) is 28.6. The molecule has 7 nitrogen and oxygen atoms in total. The van der Waals surface area contributed by atoms with E-state index in [-0.39, 0.29) is 29.2 Å². The number of aryl methyl sites for hydroxylation is 1. The van der Waals surface area contributed by atoms with E-state index >= 15 is 0 Å². The highest BCUT2D eigenvalue weighted by Crippen LogP contribution is 2.31. The number of carbonyl (C=O) groups excluding carboxylic acids is 2. The topological polar surface area (TPSA) is 96.3 Å². The molecular weight excluding hydrogens is 488 g/mol. The third-order valence-electron chi connectivity index (χ3n) is 6.24. The fourth-order valence-corrected chi connectivity index (χ4v) is 4.08. The Morgan fingerprint density at radius 2 is 1.97 bits per heavy atom. The van der Waals surface area contributed by atoms with Crippen molar-refractivity contribution in [2.75, 3.05) is 12.4 Å². The Kier molecular flexibility index (Phi) is 9.76. The molecule has 1 unspecified atom stereocenters. The third kappa shape index (κ3) is 7.74. The molecule has 2 aromatic rings. The summed E-state index contributed by atoms with van der Waals surface area (Å²) in [6.45, 7) is 4.49. The molecule has 3 rings (SSSR count). The molecule has 0 bridgehead atoms. The predicted octanol–water partition coefficient (Wildman–Crippen LogP) is 5.35. The van der Waals surface area contributed by atoms with E-state index in [0.29, 0.717) is 42.5 Å². The number of alkyl halides is 2. The van der Waals surface area contributed by atoms with E-state index in [4.69, 9.17) is 0 Å². The second-order valence-corrected chi connectivity index (χ2v) is 9.14. The van der Waals surface area contributed by atoms with E-state index in [1.807, 2.05) is 31.2 Å². The van der Waals surface area contributed by atoms with Gasteiger partial charge in [0.25, 0.3) is 17.7 Å². The van der Waals surface area contributed by atoms with E-state index in [1.54, 1.807) is 38.5 Å². The molecule has 2 amide bonds. The lowest BCUT2D eigenvalue weighted by Gasteiger charge is -2.21. The van der Waals surface area contributed by atoms with Crippen molar-refractivity contribution in [3.8, 4) is 0 Å². The molecule has 0 fully saturated rings. The summed E-state index contributed by atoms with van der Waals surface area (Å²) in [4.78, 5) is 37.7. The summed E-state index contributed by atoms with van der Waals surface area (Å²) >= 11 is 0. The highest BCUT2D eigenvalue weighted by molar-refractivity contribution is 6.03. The minimum atomic E-state index is -3.03. The Hall–Kier alpha value is -4.01. The van der Waals surface area contributed by atoms with Gasteiger partial charge in [0.2, 0.25) is 0 Å². The van der Waals surface area contributed by atoms with Crippen LogP contribution >= 0.6 is 0 Å². The number of aliphatic imine (C=N–C) groups is 1. The number of anilines is 1. The molecule has 1 aliphatic rings. The largest absolute Gasteiger partial charge is 0.345 e. The van der Waals surface area contributed by atoms with Crippen molar-refractivity contribution in [2.45, 2.75) is 58.4 Å². The highest BCUT2D eigenvalue weighted by atomic mass is 19.3. The minimum Gasteiger partial charge on any atom is -0.345 e. The summed E-state index contributed by atoms with van der Waals surface area (Å²) in [5, 5.41) is 5.59. The van der Waals surface area contributed by atoms with Crippen LogP contribution in [0.1, 0.15) is 60.8 Å². The summed E-state index contributed by atoms with van der Waals surface area (Å²) in [5.74, 6) is -3.62. The van der Waals surface area contributed by atoms with Crippen LogP contribution in [0.4, 0.5) is 14.6 Å². The first-order chi connectivity index (χ1) is 18.1. The Bertz CT molecular complexity index is 1290. The van der Waals surface area contributed by atoms with E-state index < -0.39 is 5.92 Å². The maximum atomic E-state index is 14.0. The van der Waals surface area contributed by atoms with Gasteiger partial charge in [-0.05, 0) is 73.6 Å². The van der Waals surface area contributed by atoms with Crippen LogP contribution in [-0.4, -0.2) is 41.1 Å². The van der Waals surface area contributed by atoms with E-state index in [0.717, 1.165) is 18.1 Å². The van der Waals surface area contributed by atoms with Gasteiger partial charge in [-0.2, -0.15) is 0 Å². The predicted molar refractivity (Wildman–Crippen MR) is 146 cm³/mol. The zero-order chi connectivity index (χ0) is 27.7. The number of hydrogen-bond acceptors (Lipinski definition) is 5. The fraction of sp³-hybridized carbons (Fsp3) is 0.345. The summed E-state index contributed by atoms with van der Waals surface area (Å²) < 4.78 is 28.0. The second kappa shape index (κ2) is 13.0. The number of hydrogen-bond donors (Lipinski definition) is 2. The number of allylic oxidation sites excluding steroid dienone is 4. The van der Waals surface area contributed by atoms with E-state index in [9.17, 15) is 18.4 Å². The smallest absolute Gasteiger partial charge is 0.270 e. The molecule has 38 heavy (non-hydrogen) atoms. The number of pyridine rings is 2. The maximum Gasteiger partial charge on any atom is 0.270 e. The third-order valence-corrected chi connectivity index (χ3v) is 6.24. The zero-order valence-electron chi connectivity index (χ0n) is 22.1. The molecule has 200 valence electrons. The van der Waals surface area contributed by atoms with Crippen LogP contribution in [0, 0.1) is 0 Å². The lowest BCUT2D eigenvalue weighted by Crippen LogP contribution is -2.35. The van der Waals surface area contributed by atoms with Gasteiger partial charge in [0.05, 0.1) is 0 Å². The van der Waals surface area contributed by atoms with Crippen molar-refractivity contribution < 1.29 is 18.4 Å². The van der Waals surface area contributed by atoms with Crippen LogP contribution in [0.5, 0.6) is 0 Å². The van der Waals surface area contributed by atoms with Crippen LogP contribution in [0.2, 0.25) is 0 Å². The summed E-state index contributed by atoms with van der Waals surface area (Å²) in [6, 6.07) is 4.59. The van der Waals surface area contributed by atoms with E-state index in [1.165, 1.54) is 12.3 Å². The van der Waals surface area contributed by atoms with Crippen molar-refractivity contribution in [1.82, 2.24) is 15.3 Å². The van der Waals surface area contributed by atoms with E-state index in [2.05, 4.69) is 25.6 Å². The molecule has 0 spiro atoms. The molecule has 1 aliphatic carbocycles. The van der Waals surface area contributed by atoms with Gasteiger partial charge in [-0.1, -0.05) is 25.2 Å². The van der Waals surface area contributed by atoms with Crippen molar-refractivity contribution in [1.29, 1.82) is 0 Å². The number of aromatic nitrogens is 2. The quantitative estimate of drug-likeness (QED) is 0.412. The Morgan fingerprint density at radius 3 is 2.63 bits per heavy atom. The molecule has 1 atom stereocenters. The van der Waals surface area contributed by atoms with Gasteiger partial charge in [0.15, 0.2) is 0 Å². The Morgan fingerprint density at radius 1 is 1.18 bits per heavy atom. The van der Waals surface area contributed by atoms with Gasteiger partial charge in [-0.3, -0.25) is 19.6 Å². The van der Waals surface area contributed by atoms with Crippen LogP contribution in [0.25, 0.3) is 0 Å². The average Bonchev–Trinajstić information content (AvgIpc) is 2.90. The maximum absolute atomic E-state index is 14.0. The number of nitrogens with one attached hydrogen (secondary N) is 2. The monoisotopic (exact) mass is 521 g/mol. The molecule has 0 aliphatic heterocycles. The number of amides is 2. The lowest BCUT2D eigenvalue weighted by atomic mass is 9.93. The van der Waals surface area contributed by atoms with Crippen LogP contribution in [0.3, 0.4) is 0 Å². The number of halogens is 2. The van der Waals surface area contributed by atoms with Gasteiger partial charge >= 0.3 is 0 Å². The van der Waals surface area contributed by atoms with Crippen LogP contribution < -0.4 is 10.6 Å². The van der Waals surface area contributed by atoms with Crippen LogP contribution in [0.15, 0.2) is 71.0 Å². The van der Waals surface area contributed by atoms with Gasteiger partial charge in [0, 0.05) is 49.8 Å². The lowest BCUT2D eigenvalue weighted by molar-refractivity contribution is -0.113. The average molecular weight is 522 g/mol.